The first kappa shape index (κ1) is 9.03. The van der Waals surface area contributed by atoms with Gasteiger partial charge in [0.1, 0.15) is 5.69 Å². The molecule has 0 fully saturated rings. The molecule has 0 aliphatic carbocycles. The Kier molecular flexibility index (Phi) is 3.57. The number of hydrogen-bond donors (Lipinski definition) is 1. The van der Waals surface area contributed by atoms with Gasteiger partial charge < -0.3 is 5.73 Å². The smallest absolute Gasteiger partial charge is 0.191 e. The maximum atomic E-state index is 5.49. The van der Waals surface area contributed by atoms with Gasteiger partial charge in [0.05, 0.1) is 0 Å². The summed E-state index contributed by atoms with van der Waals surface area (Å²) in [7, 11) is 0. The van der Waals surface area contributed by atoms with Gasteiger partial charge in [0, 0.05) is 0 Å². The molecule has 12 heavy (non-hydrogen) atoms. The monoisotopic (exact) mass is 169 g/mol. The van der Waals surface area contributed by atoms with Gasteiger partial charge in [-0.1, -0.05) is 31.3 Å². The van der Waals surface area contributed by atoms with Crippen LogP contribution in [0.5, 0.6) is 0 Å². The molecule has 0 aromatic carbocycles. The summed E-state index contributed by atoms with van der Waals surface area (Å²) in [6, 6.07) is 0. The molecule has 0 amide bonds. The number of hydrogen-bond acceptors (Lipinski definition) is 4. The predicted octanol–water partition coefficient (Wildman–Crippen LogP) is 1.77. The molecule has 1 rings (SSSR count). The Morgan fingerprint density at radius 3 is 2.67 bits per heavy atom. The minimum Gasteiger partial charge on any atom is -0.379 e. The van der Waals surface area contributed by atoms with E-state index in [1.54, 1.807) is 0 Å². The number of aromatic nitrogens is 2. The second-order valence-corrected chi connectivity index (χ2v) is 2.91. The summed E-state index contributed by atoms with van der Waals surface area (Å²) in [6.07, 6.45) is 5.74. The van der Waals surface area contributed by atoms with Gasteiger partial charge in [-0.15, -0.1) is 0 Å². The van der Waals surface area contributed by atoms with Crippen molar-refractivity contribution < 1.29 is 4.63 Å². The van der Waals surface area contributed by atoms with Crippen molar-refractivity contribution in [2.75, 3.05) is 5.73 Å². The summed E-state index contributed by atoms with van der Waals surface area (Å²) >= 11 is 0. The fourth-order valence-electron chi connectivity index (χ4n) is 1.11. The number of rotatable bonds is 5. The summed E-state index contributed by atoms with van der Waals surface area (Å²) in [5.41, 5.74) is 6.29. The van der Waals surface area contributed by atoms with Gasteiger partial charge in [0.2, 0.25) is 0 Å². The van der Waals surface area contributed by atoms with Crippen molar-refractivity contribution in [3.05, 3.63) is 5.69 Å². The van der Waals surface area contributed by atoms with Gasteiger partial charge in [0.15, 0.2) is 5.82 Å². The van der Waals surface area contributed by atoms with Crippen LogP contribution >= 0.6 is 0 Å². The number of unbranched alkanes of at least 4 members (excludes halogenated alkanes) is 3. The van der Waals surface area contributed by atoms with Crippen molar-refractivity contribution in [1.29, 1.82) is 0 Å². The highest BCUT2D eigenvalue weighted by Crippen LogP contribution is 2.09. The molecule has 1 aromatic heterocycles. The first-order valence-electron chi connectivity index (χ1n) is 4.41. The summed E-state index contributed by atoms with van der Waals surface area (Å²) < 4.78 is 4.48. The third kappa shape index (κ3) is 2.53. The number of aryl methyl sites for hydroxylation is 1. The van der Waals surface area contributed by atoms with Crippen LogP contribution in [0.15, 0.2) is 4.63 Å². The zero-order valence-corrected chi connectivity index (χ0v) is 7.42. The highest BCUT2D eigenvalue weighted by atomic mass is 16.6. The first-order valence-corrected chi connectivity index (χ1v) is 4.41. The second kappa shape index (κ2) is 4.74. The molecule has 0 aliphatic rings. The molecule has 68 valence electrons. The van der Waals surface area contributed by atoms with Crippen molar-refractivity contribution in [1.82, 2.24) is 10.3 Å². The van der Waals surface area contributed by atoms with Crippen molar-refractivity contribution in [2.24, 2.45) is 0 Å². The SMILES string of the molecule is CCCCCCc1nonc1N. The Morgan fingerprint density at radius 2 is 2.08 bits per heavy atom. The summed E-state index contributed by atoms with van der Waals surface area (Å²) in [5.74, 6) is 0.437. The van der Waals surface area contributed by atoms with E-state index in [-0.39, 0.29) is 0 Å². The lowest BCUT2D eigenvalue weighted by atomic mass is 10.1. The van der Waals surface area contributed by atoms with Crippen molar-refractivity contribution >= 4 is 5.82 Å². The minimum absolute atomic E-state index is 0.437. The third-order valence-corrected chi connectivity index (χ3v) is 1.85. The van der Waals surface area contributed by atoms with Gasteiger partial charge in [-0.2, -0.15) is 0 Å². The van der Waals surface area contributed by atoms with E-state index < -0.39 is 0 Å². The van der Waals surface area contributed by atoms with Gasteiger partial charge in [-0.25, -0.2) is 4.63 Å². The fourth-order valence-corrected chi connectivity index (χ4v) is 1.11. The lowest BCUT2D eigenvalue weighted by molar-refractivity contribution is 0.304. The molecule has 1 heterocycles. The molecule has 0 bridgehead atoms. The van der Waals surface area contributed by atoms with Crippen LogP contribution in [-0.4, -0.2) is 10.3 Å². The van der Waals surface area contributed by atoms with E-state index in [1.807, 2.05) is 0 Å². The Bertz CT molecular complexity index is 222. The van der Waals surface area contributed by atoms with E-state index >= 15 is 0 Å². The highest BCUT2D eigenvalue weighted by Gasteiger charge is 2.04. The Morgan fingerprint density at radius 1 is 1.25 bits per heavy atom. The van der Waals surface area contributed by atoms with E-state index in [4.69, 9.17) is 5.73 Å². The van der Waals surface area contributed by atoms with E-state index in [1.165, 1.54) is 19.3 Å². The van der Waals surface area contributed by atoms with Crippen LogP contribution in [0.2, 0.25) is 0 Å². The molecule has 0 saturated carbocycles. The van der Waals surface area contributed by atoms with Gasteiger partial charge >= 0.3 is 0 Å². The standard InChI is InChI=1S/C8H15N3O/c1-2-3-4-5-6-7-8(9)11-12-10-7/h2-6H2,1H3,(H2,9,11). The number of nitrogens with two attached hydrogens (primary N) is 1. The normalized spacial score (nSPS) is 10.4. The van der Waals surface area contributed by atoms with Crippen molar-refractivity contribution in [3.8, 4) is 0 Å². The predicted molar refractivity (Wildman–Crippen MR) is 46.6 cm³/mol. The van der Waals surface area contributed by atoms with E-state index in [0.717, 1.165) is 18.5 Å². The van der Waals surface area contributed by atoms with Crippen LogP contribution in [-0.2, 0) is 6.42 Å². The summed E-state index contributed by atoms with van der Waals surface area (Å²) in [4.78, 5) is 0. The van der Waals surface area contributed by atoms with Gasteiger partial charge in [0.25, 0.3) is 0 Å². The molecule has 2 N–H and O–H groups in total. The first-order chi connectivity index (χ1) is 5.84. The van der Waals surface area contributed by atoms with Crippen LogP contribution in [0.4, 0.5) is 5.82 Å². The lowest BCUT2D eigenvalue weighted by Gasteiger charge is -1.95. The topological polar surface area (TPSA) is 64.9 Å². The van der Waals surface area contributed by atoms with Gasteiger partial charge in [-0.05, 0) is 18.0 Å². The van der Waals surface area contributed by atoms with E-state index in [0.29, 0.717) is 5.82 Å². The van der Waals surface area contributed by atoms with E-state index in [9.17, 15) is 0 Å². The summed E-state index contributed by atoms with van der Waals surface area (Å²) in [5, 5.41) is 7.21. The number of nitrogen functional groups attached to an aromatic ring is 1. The molecular formula is C8H15N3O. The maximum absolute atomic E-state index is 5.49. The lowest BCUT2D eigenvalue weighted by Crippen LogP contribution is -1.93. The van der Waals surface area contributed by atoms with Crippen LogP contribution in [0.25, 0.3) is 0 Å². The molecule has 4 nitrogen and oxygen atoms in total. The van der Waals surface area contributed by atoms with Crippen LogP contribution in [0, 0.1) is 0 Å². The van der Waals surface area contributed by atoms with Crippen molar-refractivity contribution in [3.63, 3.8) is 0 Å². The Labute approximate surface area is 72.1 Å². The molecule has 0 saturated heterocycles. The summed E-state index contributed by atoms with van der Waals surface area (Å²) in [6.45, 7) is 2.19. The van der Waals surface area contributed by atoms with Gasteiger partial charge in [-0.3, -0.25) is 0 Å². The molecule has 0 atom stereocenters. The molecule has 0 aliphatic heterocycles. The number of nitrogens with zero attached hydrogens (tertiary/aromatic N) is 2. The third-order valence-electron chi connectivity index (χ3n) is 1.85. The maximum Gasteiger partial charge on any atom is 0.191 e. The highest BCUT2D eigenvalue weighted by molar-refractivity contribution is 5.30. The largest absolute Gasteiger partial charge is 0.379 e. The van der Waals surface area contributed by atoms with E-state index in [2.05, 4.69) is 21.9 Å². The number of anilines is 1. The fraction of sp³-hybridized carbons (Fsp3) is 0.750. The molecular weight excluding hydrogens is 154 g/mol. The molecule has 1 aromatic rings. The average molecular weight is 169 g/mol. The average Bonchev–Trinajstić information content (AvgIpc) is 2.46. The second-order valence-electron chi connectivity index (χ2n) is 2.91. The Balaban J connectivity index is 2.20. The molecule has 0 unspecified atom stereocenters. The zero-order valence-electron chi connectivity index (χ0n) is 7.42. The van der Waals surface area contributed by atoms with Crippen LogP contribution in [0.3, 0.4) is 0 Å². The minimum atomic E-state index is 0.437. The zero-order chi connectivity index (χ0) is 8.81. The molecule has 4 heteroatoms. The van der Waals surface area contributed by atoms with Crippen molar-refractivity contribution in [2.45, 2.75) is 39.0 Å². The molecule has 0 radical (unpaired) electrons. The Hall–Kier alpha value is -1.06. The van der Waals surface area contributed by atoms with Crippen LogP contribution < -0.4 is 5.73 Å². The van der Waals surface area contributed by atoms with Crippen LogP contribution in [0.1, 0.15) is 38.3 Å². The molecule has 0 spiro atoms. The quantitative estimate of drug-likeness (QED) is 0.682.